The van der Waals surface area contributed by atoms with Gasteiger partial charge in [-0.2, -0.15) is 0 Å². The van der Waals surface area contributed by atoms with Gasteiger partial charge in [0.05, 0.1) is 6.04 Å². The van der Waals surface area contributed by atoms with Gasteiger partial charge in [-0.25, -0.2) is 0 Å². The van der Waals surface area contributed by atoms with Crippen molar-refractivity contribution in [1.82, 2.24) is 10.6 Å². The average molecular weight is 339 g/mol. The highest BCUT2D eigenvalue weighted by Crippen LogP contribution is 2.24. The van der Waals surface area contributed by atoms with Gasteiger partial charge in [0.15, 0.2) is 0 Å². The van der Waals surface area contributed by atoms with E-state index in [0.29, 0.717) is 24.8 Å². The monoisotopic (exact) mass is 339 g/mol. The number of benzene rings is 2. The molecule has 3 atom stereocenters. The first-order valence-corrected chi connectivity index (χ1v) is 9.36. The van der Waals surface area contributed by atoms with Crippen molar-refractivity contribution in [3.63, 3.8) is 0 Å². The van der Waals surface area contributed by atoms with E-state index in [-0.39, 0.29) is 11.9 Å². The Hall–Kier alpha value is -1.91. The first kappa shape index (κ1) is 17.9. The van der Waals surface area contributed by atoms with Crippen LogP contribution >= 0.6 is 0 Å². The predicted molar refractivity (Wildman–Crippen MR) is 103 cm³/mol. The van der Waals surface area contributed by atoms with Crippen LogP contribution in [0.1, 0.15) is 37.8 Å². The van der Waals surface area contributed by atoms with E-state index in [9.17, 15) is 4.79 Å². The number of nitrogens with two attached hydrogens (primary N) is 1. The summed E-state index contributed by atoms with van der Waals surface area (Å²) in [6.45, 7) is 4.72. The number of amides is 1. The number of carbonyl (C=O) groups excluding carboxylic acids is 1. The molecule has 1 amide bonds. The molecule has 3 unspecified atom stereocenters. The van der Waals surface area contributed by atoms with Gasteiger partial charge in [-0.1, -0.05) is 43.3 Å². The lowest BCUT2D eigenvalue weighted by Crippen LogP contribution is -2.37. The molecule has 0 aliphatic carbocycles. The molecule has 4 heteroatoms. The Morgan fingerprint density at radius 1 is 1.28 bits per heavy atom. The molecule has 4 nitrogen and oxygen atoms in total. The summed E-state index contributed by atoms with van der Waals surface area (Å²) in [6, 6.07) is 14.4. The first-order chi connectivity index (χ1) is 12.2. The second kappa shape index (κ2) is 8.45. The van der Waals surface area contributed by atoms with E-state index < -0.39 is 0 Å². The Labute approximate surface area is 150 Å². The largest absolute Gasteiger partial charge is 0.348 e. The van der Waals surface area contributed by atoms with Crippen molar-refractivity contribution in [3.05, 3.63) is 48.0 Å². The Bertz CT molecular complexity index is 709. The summed E-state index contributed by atoms with van der Waals surface area (Å²) in [5, 5.41) is 8.94. The molecule has 0 spiro atoms. The Balaban J connectivity index is 1.62. The van der Waals surface area contributed by atoms with Gasteiger partial charge < -0.3 is 16.4 Å². The van der Waals surface area contributed by atoms with Crippen molar-refractivity contribution >= 4 is 16.7 Å². The quantitative estimate of drug-likeness (QED) is 0.758. The SMILES string of the molecule is CC(CC(=O)NC(CN)c1ccc2ccccc2c1)C1CCCNC1. The number of fused-ring (bicyclic) bond motifs is 1. The fourth-order valence-corrected chi connectivity index (χ4v) is 3.78. The molecule has 1 saturated heterocycles. The summed E-state index contributed by atoms with van der Waals surface area (Å²) < 4.78 is 0. The van der Waals surface area contributed by atoms with Crippen LogP contribution in [0.2, 0.25) is 0 Å². The Morgan fingerprint density at radius 3 is 2.80 bits per heavy atom. The van der Waals surface area contributed by atoms with E-state index in [1.807, 2.05) is 12.1 Å². The molecule has 25 heavy (non-hydrogen) atoms. The smallest absolute Gasteiger partial charge is 0.220 e. The Kier molecular flexibility index (Phi) is 6.05. The number of rotatable bonds is 6. The lowest BCUT2D eigenvalue weighted by atomic mass is 9.85. The van der Waals surface area contributed by atoms with Crippen LogP contribution in [0.25, 0.3) is 10.8 Å². The highest BCUT2D eigenvalue weighted by atomic mass is 16.1. The summed E-state index contributed by atoms with van der Waals surface area (Å²) in [5.41, 5.74) is 7.02. The van der Waals surface area contributed by atoms with Gasteiger partial charge in [-0.05, 0) is 60.2 Å². The zero-order valence-corrected chi connectivity index (χ0v) is 15.0. The van der Waals surface area contributed by atoms with E-state index in [1.54, 1.807) is 0 Å². The van der Waals surface area contributed by atoms with Gasteiger partial charge >= 0.3 is 0 Å². The molecule has 2 aromatic carbocycles. The number of hydrogen-bond acceptors (Lipinski definition) is 3. The average Bonchev–Trinajstić information content (AvgIpc) is 2.66. The molecule has 1 fully saturated rings. The predicted octanol–water partition coefficient (Wildman–Crippen LogP) is 2.98. The van der Waals surface area contributed by atoms with E-state index >= 15 is 0 Å². The standard InChI is InChI=1S/C21H29N3O/c1-15(19-7-4-10-23-14-19)11-21(25)24-20(13-22)18-9-8-16-5-2-3-6-17(16)12-18/h2-3,5-6,8-9,12,15,19-20,23H,4,7,10-11,13-14,22H2,1H3,(H,24,25). The van der Waals surface area contributed by atoms with E-state index in [2.05, 4.69) is 47.9 Å². The van der Waals surface area contributed by atoms with Crippen LogP contribution in [0.3, 0.4) is 0 Å². The third-order valence-corrected chi connectivity index (χ3v) is 5.39. The van der Waals surface area contributed by atoms with Crippen molar-refractivity contribution in [2.75, 3.05) is 19.6 Å². The third-order valence-electron chi connectivity index (χ3n) is 5.39. The molecule has 3 rings (SSSR count). The summed E-state index contributed by atoms with van der Waals surface area (Å²) in [7, 11) is 0. The first-order valence-electron chi connectivity index (χ1n) is 9.36. The zero-order chi connectivity index (χ0) is 17.6. The lowest BCUT2D eigenvalue weighted by Gasteiger charge is -2.28. The molecule has 1 aliphatic rings. The van der Waals surface area contributed by atoms with Gasteiger partial charge in [-0.15, -0.1) is 0 Å². The van der Waals surface area contributed by atoms with Crippen molar-refractivity contribution in [2.45, 2.75) is 32.2 Å². The molecule has 4 N–H and O–H groups in total. The van der Waals surface area contributed by atoms with Crippen LogP contribution in [-0.4, -0.2) is 25.5 Å². The summed E-state index contributed by atoms with van der Waals surface area (Å²) >= 11 is 0. The number of hydrogen-bond donors (Lipinski definition) is 3. The number of nitrogens with one attached hydrogen (secondary N) is 2. The van der Waals surface area contributed by atoms with Gasteiger partial charge in [0.2, 0.25) is 5.91 Å². The molecule has 0 aromatic heterocycles. The maximum absolute atomic E-state index is 12.5. The molecule has 1 heterocycles. The third kappa shape index (κ3) is 4.59. The van der Waals surface area contributed by atoms with Gasteiger partial charge in [0.25, 0.3) is 0 Å². The topological polar surface area (TPSA) is 67.2 Å². The van der Waals surface area contributed by atoms with Crippen LogP contribution < -0.4 is 16.4 Å². The molecular formula is C21H29N3O. The van der Waals surface area contributed by atoms with Gasteiger partial charge in [-0.3, -0.25) is 4.79 Å². The van der Waals surface area contributed by atoms with Gasteiger partial charge in [0, 0.05) is 13.0 Å². The minimum absolute atomic E-state index is 0.0988. The normalized spacial score (nSPS) is 20.2. The van der Waals surface area contributed by atoms with Crippen LogP contribution in [0.5, 0.6) is 0 Å². The summed E-state index contributed by atoms with van der Waals surface area (Å²) in [6.07, 6.45) is 2.99. The minimum atomic E-state index is -0.131. The highest BCUT2D eigenvalue weighted by molar-refractivity contribution is 5.83. The molecular weight excluding hydrogens is 310 g/mol. The summed E-state index contributed by atoms with van der Waals surface area (Å²) in [4.78, 5) is 12.5. The van der Waals surface area contributed by atoms with E-state index in [4.69, 9.17) is 5.73 Å². The van der Waals surface area contributed by atoms with Crippen molar-refractivity contribution in [3.8, 4) is 0 Å². The van der Waals surface area contributed by atoms with E-state index in [0.717, 1.165) is 18.7 Å². The minimum Gasteiger partial charge on any atom is -0.348 e. The fraction of sp³-hybridized carbons (Fsp3) is 0.476. The fourth-order valence-electron chi connectivity index (χ4n) is 3.78. The van der Waals surface area contributed by atoms with E-state index in [1.165, 1.54) is 23.6 Å². The van der Waals surface area contributed by atoms with Crippen LogP contribution in [0, 0.1) is 11.8 Å². The number of carbonyl (C=O) groups is 1. The maximum Gasteiger partial charge on any atom is 0.220 e. The van der Waals surface area contributed by atoms with Crippen LogP contribution in [-0.2, 0) is 4.79 Å². The second-order valence-electron chi connectivity index (χ2n) is 7.25. The van der Waals surface area contributed by atoms with Crippen LogP contribution in [0.4, 0.5) is 0 Å². The van der Waals surface area contributed by atoms with Gasteiger partial charge in [0.1, 0.15) is 0 Å². The van der Waals surface area contributed by atoms with Crippen LogP contribution in [0.15, 0.2) is 42.5 Å². The second-order valence-corrected chi connectivity index (χ2v) is 7.25. The molecule has 0 bridgehead atoms. The number of piperidine rings is 1. The molecule has 2 aromatic rings. The summed E-state index contributed by atoms with van der Waals surface area (Å²) in [5.74, 6) is 1.08. The molecule has 134 valence electrons. The molecule has 1 aliphatic heterocycles. The van der Waals surface area contributed by atoms with Crippen molar-refractivity contribution in [2.24, 2.45) is 17.6 Å². The van der Waals surface area contributed by atoms with Crippen molar-refractivity contribution in [1.29, 1.82) is 0 Å². The molecule has 0 saturated carbocycles. The zero-order valence-electron chi connectivity index (χ0n) is 15.0. The highest BCUT2D eigenvalue weighted by Gasteiger charge is 2.23. The Morgan fingerprint density at radius 2 is 2.08 bits per heavy atom. The maximum atomic E-state index is 12.5. The van der Waals surface area contributed by atoms with Crippen molar-refractivity contribution < 1.29 is 4.79 Å². The lowest BCUT2D eigenvalue weighted by molar-refractivity contribution is -0.123. The molecule has 0 radical (unpaired) electrons.